The van der Waals surface area contributed by atoms with Crippen LogP contribution in [0.15, 0.2) is 76.7 Å². The average molecular weight is 519 g/mol. The van der Waals surface area contributed by atoms with Crippen LogP contribution >= 0.6 is 11.8 Å². The van der Waals surface area contributed by atoms with E-state index in [-0.39, 0.29) is 17.2 Å². The molecule has 190 valence electrons. The van der Waals surface area contributed by atoms with Gasteiger partial charge in [-0.15, -0.1) is 0 Å². The summed E-state index contributed by atoms with van der Waals surface area (Å²) in [6.07, 6.45) is 0. The van der Waals surface area contributed by atoms with Gasteiger partial charge in [0.2, 0.25) is 0 Å². The Morgan fingerprint density at radius 1 is 1.14 bits per heavy atom. The minimum absolute atomic E-state index is 0.00846. The number of ether oxygens (including phenoxy) is 1. The molecule has 1 amide bonds. The summed E-state index contributed by atoms with van der Waals surface area (Å²) in [6, 6.07) is 18.2. The molecular weight excluding hydrogens is 492 g/mol. The van der Waals surface area contributed by atoms with Crippen molar-refractivity contribution in [2.45, 2.75) is 24.8 Å². The van der Waals surface area contributed by atoms with E-state index in [1.165, 1.54) is 28.5 Å². The summed E-state index contributed by atoms with van der Waals surface area (Å²) >= 11 is 1.32. The standard InChI is InChI=1S/C27H26N4O5S/c1-17(2)15-28-25(32)19-9-12-23-24(13-19)29-27(37-16-18-7-10-20(11-8-18)31(34)35)30(26(23)33)21-5-4-6-22(14-21)36-3/h4-14,17H,15-16H2,1-3H3,(H,28,32). The van der Waals surface area contributed by atoms with Gasteiger partial charge in [0, 0.05) is 36.1 Å². The van der Waals surface area contributed by atoms with E-state index in [0.717, 1.165) is 5.56 Å². The molecule has 0 saturated carbocycles. The number of hydrogen-bond acceptors (Lipinski definition) is 7. The maximum absolute atomic E-state index is 13.7. The van der Waals surface area contributed by atoms with Crippen molar-refractivity contribution in [1.29, 1.82) is 0 Å². The van der Waals surface area contributed by atoms with Crippen LogP contribution in [0.3, 0.4) is 0 Å². The molecule has 37 heavy (non-hydrogen) atoms. The number of nitrogens with one attached hydrogen (secondary N) is 1. The first-order chi connectivity index (χ1) is 17.8. The largest absolute Gasteiger partial charge is 0.497 e. The van der Waals surface area contributed by atoms with Gasteiger partial charge in [-0.1, -0.05) is 43.8 Å². The van der Waals surface area contributed by atoms with Gasteiger partial charge in [-0.25, -0.2) is 4.98 Å². The summed E-state index contributed by atoms with van der Waals surface area (Å²) in [6.45, 7) is 4.56. The number of amides is 1. The van der Waals surface area contributed by atoms with Gasteiger partial charge in [0.15, 0.2) is 5.16 Å². The zero-order valence-electron chi connectivity index (χ0n) is 20.6. The van der Waals surface area contributed by atoms with E-state index in [1.807, 2.05) is 13.8 Å². The predicted octanol–water partition coefficient (Wildman–Crippen LogP) is 4.98. The molecule has 0 atom stereocenters. The summed E-state index contributed by atoms with van der Waals surface area (Å²) in [5.41, 5.74) is 1.98. The molecule has 0 bridgehead atoms. The van der Waals surface area contributed by atoms with Crippen molar-refractivity contribution in [3.63, 3.8) is 0 Å². The number of benzene rings is 3. The maximum atomic E-state index is 13.7. The number of hydrogen-bond donors (Lipinski definition) is 1. The summed E-state index contributed by atoms with van der Waals surface area (Å²) in [5.74, 6) is 1.09. The highest BCUT2D eigenvalue weighted by Crippen LogP contribution is 2.27. The molecule has 4 aromatic rings. The van der Waals surface area contributed by atoms with Crippen molar-refractivity contribution in [3.8, 4) is 11.4 Å². The molecule has 3 aromatic carbocycles. The Kier molecular flexibility index (Phi) is 7.88. The number of rotatable bonds is 9. The molecule has 0 radical (unpaired) electrons. The van der Waals surface area contributed by atoms with E-state index < -0.39 is 4.92 Å². The second kappa shape index (κ2) is 11.3. The highest BCUT2D eigenvalue weighted by atomic mass is 32.2. The van der Waals surface area contributed by atoms with Gasteiger partial charge in [-0.05, 0) is 41.8 Å². The molecule has 1 N–H and O–H groups in total. The number of carbonyl (C=O) groups is 1. The van der Waals surface area contributed by atoms with Crippen molar-refractivity contribution in [1.82, 2.24) is 14.9 Å². The van der Waals surface area contributed by atoms with Crippen molar-refractivity contribution in [2.75, 3.05) is 13.7 Å². The van der Waals surface area contributed by atoms with Gasteiger partial charge in [0.05, 0.1) is 28.6 Å². The fourth-order valence-electron chi connectivity index (χ4n) is 3.64. The molecule has 0 aliphatic rings. The highest BCUT2D eigenvalue weighted by Gasteiger charge is 2.17. The summed E-state index contributed by atoms with van der Waals surface area (Å²) < 4.78 is 6.86. The number of non-ortho nitro benzene ring substituents is 1. The SMILES string of the molecule is COc1cccc(-n2c(SCc3ccc([N+](=O)[O-])cc3)nc3cc(C(=O)NCC(C)C)ccc3c2=O)c1. The lowest BCUT2D eigenvalue weighted by molar-refractivity contribution is -0.384. The van der Waals surface area contributed by atoms with Crippen LogP contribution in [0, 0.1) is 16.0 Å². The molecule has 1 heterocycles. The molecule has 0 saturated heterocycles. The van der Waals surface area contributed by atoms with Crippen molar-refractivity contribution < 1.29 is 14.5 Å². The first-order valence-electron chi connectivity index (χ1n) is 11.6. The molecule has 0 unspecified atom stereocenters. The Balaban J connectivity index is 1.77. The third-order valence-corrected chi connectivity index (χ3v) is 6.61. The first kappa shape index (κ1) is 25.9. The fraction of sp³-hybridized carbons (Fsp3) is 0.222. The molecule has 0 spiro atoms. The number of aromatic nitrogens is 2. The van der Waals surface area contributed by atoms with Gasteiger partial charge in [0.25, 0.3) is 17.2 Å². The summed E-state index contributed by atoms with van der Waals surface area (Å²) in [5, 5.41) is 14.7. The van der Waals surface area contributed by atoms with E-state index in [1.54, 1.807) is 61.7 Å². The number of carbonyl (C=O) groups excluding carboxylic acids is 1. The lowest BCUT2D eigenvalue weighted by Gasteiger charge is -2.15. The Bertz CT molecular complexity index is 1520. The lowest BCUT2D eigenvalue weighted by atomic mass is 10.1. The van der Waals surface area contributed by atoms with E-state index >= 15 is 0 Å². The van der Waals surface area contributed by atoms with Crippen LogP contribution < -0.4 is 15.6 Å². The quantitative estimate of drug-likeness (QED) is 0.144. The van der Waals surface area contributed by atoms with Crippen LogP contribution in [0.2, 0.25) is 0 Å². The molecule has 9 nitrogen and oxygen atoms in total. The molecule has 1 aromatic heterocycles. The zero-order valence-corrected chi connectivity index (χ0v) is 21.5. The molecule has 4 rings (SSSR count). The van der Waals surface area contributed by atoms with Crippen molar-refractivity contribution >= 4 is 34.3 Å². The number of fused-ring (bicyclic) bond motifs is 1. The highest BCUT2D eigenvalue weighted by molar-refractivity contribution is 7.98. The lowest BCUT2D eigenvalue weighted by Crippen LogP contribution is -2.27. The van der Waals surface area contributed by atoms with E-state index in [4.69, 9.17) is 9.72 Å². The summed E-state index contributed by atoms with van der Waals surface area (Å²) in [4.78, 5) is 41.6. The van der Waals surface area contributed by atoms with Crippen LogP contribution in [0.1, 0.15) is 29.8 Å². The molecular formula is C27H26N4O5S. The van der Waals surface area contributed by atoms with Crippen LogP contribution in [0.5, 0.6) is 5.75 Å². The average Bonchev–Trinajstić information content (AvgIpc) is 2.90. The van der Waals surface area contributed by atoms with Gasteiger partial charge >= 0.3 is 0 Å². The third-order valence-electron chi connectivity index (χ3n) is 5.60. The Hall–Kier alpha value is -4.18. The number of nitrogens with zero attached hydrogens (tertiary/aromatic N) is 3. The van der Waals surface area contributed by atoms with E-state index in [2.05, 4.69) is 5.32 Å². The van der Waals surface area contributed by atoms with Crippen LogP contribution in [0.25, 0.3) is 16.6 Å². The van der Waals surface area contributed by atoms with Gasteiger partial charge < -0.3 is 10.1 Å². The second-order valence-corrected chi connectivity index (χ2v) is 9.73. The van der Waals surface area contributed by atoms with Crippen LogP contribution in [-0.2, 0) is 5.75 Å². The Labute approximate surface area is 217 Å². The predicted molar refractivity (Wildman–Crippen MR) is 144 cm³/mol. The van der Waals surface area contributed by atoms with Gasteiger partial charge in [0.1, 0.15) is 5.75 Å². The Morgan fingerprint density at radius 2 is 1.89 bits per heavy atom. The normalized spacial score (nSPS) is 11.0. The number of thioether (sulfide) groups is 1. The fourth-order valence-corrected chi connectivity index (χ4v) is 4.61. The first-order valence-corrected chi connectivity index (χ1v) is 12.6. The molecule has 0 aliphatic heterocycles. The van der Waals surface area contributed by atoms with Gasteiger partial charge in [-0.3, -0.25) is 24.3 Å². The minimum atomic E-state index is -0.447. The van der Waals surface area contributed by atoms with Crippen molar-refractivity contribution in [2.24, 2.45) is 5.92 Å². The molecule has 0 aliphatic carbocycles. The topological polar surface area (TPSA) is 116 Å². The minimum Gasteiger partial charge on any atom is -0.497 e. The van der Waals surface area contributed by atoms with E-state index in [0.29, 0.717) is 51.3 Å². The molecule has 10 heteroatoms. The van der Waals surface area contributed by atoms with E-state index in [9.17, 15) is 19.7 Å². The monoisotopic (exact) mass is 518 g/mol. The number of methoxy groups -OCH3 is 1. The maximum Gasteiger partial charge on any atom is 0.269 e. The van der Waals surface area contributed by atoms with Crippen LogP contribution in [0.4, 0.5) is 5.69 Å². The number of nitro benzene ring substituents is 1. The Morgan fingerprint density at radius 3 is 2.57 bits per heavy atom. The summed E-state index contributed by atoms with van der Waals surface area (Å²) in [7, 11) is 1.55. The van der Waals surface area contributed by atoms with Crippen LogP contribution in [-0.4, -0.2) is 34.0 Å². The van der Waals surface area contributed by atoms with Crippen molar-refractivity contribution in [3.05, 3.63) is 98.3 Å². The molecule has 0 fully saturated rings. The zero-order chi connectivity index (χ0) is 26.5. The number of nitro groups is 1. The smallest absolute Gasteiger partial charge is 0.269 e. The third kappa shape index (κ3) is 5.97. The second-order valence-electron chi connectivity index (χ2n) is 8.78. The van der Waals surface area contributed by atoms with Gasteiger partial charge in [-0.2, -0.15) is 0 Å².